The van der Waals surface area contributed by atoms with E-state index in [2.05, 4.69) is 29.4 Å². The van der Waals surface area contributed by atoms with E-state index in [-0.39, 0.29) is 25.4 Å². The highest BCUT2D eigenvalue weighted by Gasteiger charge is 2.24. The van der Waals surface area contributed by atoms with Crippen molar-refractivity contribution in [2.45, 2.75) is 38.5 Å². The van der Waals surface area contributed by atoms with Crippen LogP contribution in [0.3, 0.4) is 0 Å². The maximum absolute atomic E-state index is 13.7. The van der Waals surface area contributed by atoms with Crippen molar-refractivity contribution in [3.63, 3.8) is 0 Å². The monoisotopic (exact) mass is 541 g/mol. The molecule has 3 aromatic carbocycles. The van der Waals surface area contributed by atoms with Gasteiger partial charge in [0.15, 0.2) is 0 Å². The molecule has 1 heterocycles. The fourth-order valence-electron chi connectivity index (χ4n) is 4.08. The molecular formula is C29H30ClF2N3O3. The number of esters is 1. The molecule has 1 aromatic heterocycles. The number of aromatic nitrogens is 1. The Morgan fingerprint density at radius 3 is 2.47 bits per heavy atom. The van der Waals surface area contributed by atoms with Crippen LogP contribution < -0.4 is 11.1 Å². The van der Waals surface area contributed by atoms with E-state index in [0.717, 1.165) is 18.1 Å². The first-order valence-electron chi connectivity index (χ1n) is 12.1. The van der Waals surface area contributed by atoms with Crippen LogP contribution >= 0.6 is 12.4 Å². The van der Waals surface area contributed by atoms with Crippen LogP contribution in [-0.4, -0.2) is 29.6 Å². The van der Waals surface area contributed by atoms with Crippen molar-refractivity contribution in [2.24, 2.45) is 5.73 Å². The number of nitrogens with one attached hydrogen (secondary N) is 1. The zero-order chi connectivity index (χ0) is 26.2. The predicted octanol–water partition coefficient (Wildman–Crippen LogP) is 5.49. The lowest BCUT2D eigenvalue weighted by Crippen LogP contribution is -2.46. The molecule has 0 bridgehead atoms. The number of carbonyl (C=O) groups excluding carboxylic acids is 1. The SMILES string of the molecule is CCc1cccc(CNC[C@@H](OC(=O)c2cccc(-c3ncco3)c2)[C@@H](N)Cc2cc(F)cc(F)c2)c1.Cl. The van der Waals surface area contributed by atoms with Crippen LogP contribution in [0.25, 0.3) is 11.5 Å². The Hall–Kier alpha value is -3.59. The number of halogens is 3. The summed E-state index contributed by atoms with van der Waals surface area (Å²) < 4.78 is 38.6. The fraction of sp³-hybridized carbons (Fsp3) is 0.241. The third kappa shape index (κ3) is 7.95. The minimum atomic E-state index is -0.765. The third-order valence-corrected chi connectivity index (χ3v) is 5.98. The molecule has 200 valence electrons. The Morgan fingerprint density at radius 2 is 1.76 bits per heavy atom. The average molecular weight is 542 g/mol. The topological polar surface area (TPSA) is 90.4 Å². The van der Waals surface area contributed by atoms with Crippen LogP contribution in [0.2, 0.25) is 0 Å². The van der Waals surface area contributed by atoms with Crippen molar-refractivity contribution in [3.05, 3.63) is 113 Å². The molecule has 0 fully saturated rings. The van der Waals surface area contributed by atoms with Crippen molar-refractivity contribution in [1.82, 2.24) is 10.3 Å². The molecule has 0 amide bonds. The highest BCUT2D eigenvalue weighted by atomic mass is 35.5. The van der Waals surface area contributed by atoms with Gasteiger partial charge in [-0.15, -0.1) is 12.4 Å². The number of oxazole rings is 1. The molecule has 3 N–H and O–H groups in total. The zero-order valence-electron chi connectivity index (χ0n) is 20.9. The molecule has 9 heteroatoms. The number of rotatable bonds is 11. The first-order chi connectivity index (χ1) is 17.9. The summed E-state index contributed by atoms with van der Waals surface area (Å²) >= 11 is 0. The summed E-state index contributed by atoms with van der Waals surface area (Å²) in [6.45, 7) is 2.89. The number of benzene rings is 3. The van der Waals surface area contributed by atoms with Gasteiger partial charge in [0, 0.05) is 30.8 Å². The van der Waals surface area contributed by atoms with E-state index in [4.69, 9.17) is 14.9 Å². The van der Waals surface area contributed by atoms with Gasteiger partial charge in [0.25, 0.3) is 0 Å². The highest BCUT2D eigenvalue weighted by molar-refractivity contribution is 5.90. The molecule has 4 rings (SSSR count). The maximum atomic E-state index is 13.7. The highest BCUT2D eigenvalue weighted by Crippen LogP contribution is 2.20. The van der Waals surface area contributed by atoms with Crippen molar-refractivity contribution < 1.29 is 22.7 Å². The summed E-state index contributed by atoms with van der Waals surface area (Å²) in [5.74, 6) is -1.57. The van der Waals surface area contributed by atoms with Crippen LogP contribution in [0.15, 0.2) is 83.6 Å². The smallest absolute Gasteiger partial charge is 0.338 e. The lowest BCUT2D eigenvalue weighted by molar-refractivity contribution is 0.0238. The van der Waals surface area contributed by atoms with Crippen LogP contribution in [0, 0.1) is 11.6 Å². The first kappa shape index (κ1) is 29.0. The minimum absolute atomic E-state index is 0. The molecule has 0 spiro atoms. The van der Waals surface area contributed by atoms with Crippen molar-refractivity contribution in [1.29, 1.82) is 0 Å². The normalized spacial score (nSPS) is 12.4. The number of hydrogen-bond donors (Lipinski definition) is 2. The van der Waals surface area contributed by atoms with E-state index in [1.807, 2.05) is 12.1 Å². The lowest BCUT2D eigenvalue weighted by atomic mass is 10.0. The molecule has 0 aliphatic rings. The Bertz CT molecular complexity index is 1310. The van der Waals surface area contributed by atoms with Gasteiger partial charge >= 0.3 is 5.97 Å². The van der Waals surface area contributed by atoms with E-state index in [1.54, 1.807) is 24.3 Å². The second-order valence-corrected chi connectivity index (χ2v) is 8.81. The molecule has 0 aliphatic carbocycles. The van der Waals surface area contributed by atoms with E-state index >= 15 is 0 Å². The Morgan fingerprint density at radius 1 is 1.03 bits per heavy atom. The molecule has 0 radical (unpaired) electrons. The number of nitrogens with zero attached hydrogens (tertiary/aromatic N) is 1. The van der Waals surface area contributed by atoms with Crippen molar-refractivity contribution >= 4 is 18.4 Å². The molecule has 6 nitrogen and oxygen atoms in total. The maximum Gasteiger partial charge on any atom is 0.338 e. The molecular weight excluding hydrogens is 512 g/mol. The summed E-state index contributed by atoms with van der Waals surface area (Å²) in [4.78, 5) is 17.2. The molecule has 0 aliphatic heterocycles. The van der Waals surface area contributed by atoms with E-state index in [1.165, 1.54) is 30.2 Å². The lowest BCUT2D eigenvalue weighted by Gasteiger charge is -2.25. The van der Waals surface area contributed by atoms with Gasteiger partial charge in [-0.1, -0.05) is 37.3 Å². The van der Waals surface area contributed by atoms with Gasteiger partial charge in [-0.25, -0.2) is 18.6 Å². The van der Waals surface area contributed by atoms with Gasteiger partial charge < -0.3 is 20.2 Å². The number of ether oxygens (including phenoxy) is 1. The summed E-state index contributed by atoms with van der Waals surface area (Å²) in [7, 11) is 0. The van der Waals surface area contributed by atoms with Crippen molar-refractivity contribution in [3.8, 4) is 11.5 Å². The van der Waals surface area contributed by atoms with Gasteiger partial charge in [-0.05, 0) is 59.9 Å². The Labute approximate surface area is 226 Å². The molecule has 38 heavy (non-hydrogen) atoms. The fourth-order valence-corrected chi connectivity index (χ4v) is 4.08. The van der Waals surface area contributed by atoms with Crippen LogP contribution in [-0.2, 0) is 24.1 Å². The molecule has 2 atom stereocenters. The van der Waals surface area contributed by atoms with Crippen molar-refractivity contribution in [2.75, 3.05) is 6.54 Å². The molecule has 0 unspecified atom stereocenters. The number of nitrogens with two attached hydrogens (primary N) is 1. The minimum Gasteiger partial charge on any atom is -0.456 e. The molecule has 0 saturated heterocycles. The largest absolute Gasteiger partial charge is 0.456 e. The quantitative estimate of drug-likeness (QED) is 0.244. The molecule has 4 aromatic rings. The van der Waals surface area contributed by atoms with Gasteiger partial charge in [-0.3, -0.25) is 0 Å². The van der Waals surface area contributed by atoms with Crippen LogP contribution in [0.5, 0.6) is 0 Å². The standard InChI is InChI=1S/C29H29F2N3O3.ClH/c1-2-19-5-3-6-20(11-19)17-33-18-27(26(32)14-21-12-24(30)16-25(31)13-21)37-29(35)23-8-4-7-22(15-23)28-34-9-10-36-28;/h3-13,15-16,26-27,33H,2,14,17-18,32H2,1H3;1H/t26-,27+;/m0./s1. The number of carbonyl (C=O) groups is 1. The van der Waals surface area contributed by atoms with Gasteiger partial charge in [0.2, 0.25) is 5.89 Å². The van der Waals surface area contributed by atoms with E-state index < -0.39 is 29.7 Å². The van der Waals surface area contributed by atoms with Crippen LogP contribution in [0.4, 0.5) is 8.78 Å². The number of hydrogen-bond acceptors (Lipinski definition) is 6. The van der Waals surface area contributed by atoms with Gasteiger partial charge in [0.1, 0.15) is 24.0 Å². The van der Waals surface area contributed by atoms with Gasteiger partial charge in [-0.2, -0.15) is 0 Å². The van der Waals surface area contributed by atoms with Gasteiger partial charge in [0.05, 0.1) is 11.8 Å². The number of aryl methyl sites for hydroxylation is 1. The third-order valence-electron chi connectivity index (χ3n) is 5.98. The Kier molecular flexibility index (Phi) is 10.5. The Balaban J connectivity index is 0.00000400. The van der Waals surface area contributed by atoms with E-state index in [9.17, 15) is 13.6 Å². The summed E-state index contributed by atoms with van der Waals surface area (Å²) in [6.07, 6.45) is 3.25. The predicted molar refractivity (Wildman–Crippen MR) is 144 cm³/mol. The second-order valence-electron chi connectivity index (χ2n) is 8.81. The van der Waals surface area contributed by atoms with Crippen LogP contribution in [0.1, 0.15) is 34.0 Å². The summed E-state index contributed by atoms with van der Waals surface area (Å²) in [6, 6.07) is 17.5. The summed E-state index contributed by atoms with van der Waals surface area (Å²) in [5, 5.41) is 3.30. The zero-order valence-corrected chi connectivity index (χ0v) is 21.7. The van der Waals surface area contributed by atoms with E-state index in [0.29, 0.717) is 29.1 Å². The average Bonchev–Trinajstić information content (AvgIpc) is 3.43. The first-order valence-corrected chi connectivity index (χ1v) is 12.1. The second kappa shape index (κ2) is 13.8. The molecule has 0 saturated carbocycles. The summed E-state index contributed by atoms with van der Waals surface area (Å²) in [5.41, 5.74) is 10.0.